The Morgan fingerprint density at radius 3 is 1.60 bits per heavy atom. The molecule has 0 saturated heterocycles. The number of fused-ring (bicyclic) bond motifs is 2. The Labute approximate surface area is 499 Å². The predicted octanol–water partition coefficient (Wildman–Crippen LogP) is 3.30. The van der Waals surface area contributed by atoms with E-state index in [1.807, 2.05) is 13.0 Å². The Morgan fingerprint density at radius 2 is 1.15 bits per heavy atom. The molecule has 84 heavy (non-hydrogen) atoms. The summed E-state index contributed by atoms with van der Waals surface area (Å²) in [5.41, 5.74) is 10.2. The van der Waals surface area contributed by atoms with Crippen molar-refractivity contribution in [1.29, 1.82) is 5.39 Å². The van der Waals surface area contributed by atoms with Crippen molar-refractivity contribution in [2.45, 2.75) is 66.2 Å². The number of nitrogens with zero attached hydrogens (tertiary/aromatic N) is 26. The summed E-state index contributed by atoms with van der Waals surface area (Å²) in [5.74, 6) is 2.86. The molecule has 10 heterocycles. The van der Waals surface area contributed by atoms with Crippen LogP contribution in [0.15, 0.2) is 95.6 Å². The Morgan fingerprint density at radius 1 is 0.714 bits per heavy atom. The molecule has 430 valence electrons. The topological polar surface area (TPSA) is 509 Å². The summed E-state index contributed by atoms with van der Waals surface area (Å²) in [6.07, 6.45) is 13.5. The normalized spacial score (nSPS) is 10.7. The summed E-state index contributed by atoms with van der Waals surface area (Å²) in [6.45, 7) is 37.3. The Kier molecular flexibility index (Phi) is 26.3. The van der Waals surface area contributed by atoms with Crippen LogP contribution in [0.4, 0.5) is 40.2 Å². The Bertz CT molecular complexity index is 3940. The Balaban J connectivity index is 0.000000552. The van der Waals surface area contributed by atoms with Gasteiger partial charge in [0.2, 0.25) is 11.3 Å². The molecule has 2 atom stereocenters. The van der Waals surface area contributed by atoms with Crippen molar-refractivity contribution < 1.29 is 71.2 Å². The van der Waals surface area contributed by atoms with Crippen LogP contribution in [0.25, 0.3) is 48.7 Å². The summed E-state index contributed by atoms with van der Waals surface area (Å²) in [5, 5.41) is 68.9. The maximum Gasteiger partial charge on any atom is 1.00 e. The van der Waals surface area contributed by atoms with Gasteiger partial charge in [-0.05, 0) is 41.2 Å². The molecule has 5 N–H and O–H groups in total. The molecule has 0 radical (unpaired) electrons. The van der Waals surface area contributed by atoms with E-state index in [4.69, 9.17) is 70.4 Å². The van der Waals surface area contributed by atoms with E-state index in [0.717, 1.165) is 28.2 Å². The van der Waals surface area contributed by atoms with Gasteiger partial charge < -0.3 is 30.9 Å². The smallest absolute Gasteiger partial charge is 0.674 e. The maximum absolute atomic E-state index is 8.93. The van der Waals surface area contributed by atoms with Crippen LogP contribution in [0.5, 0.6) is 0 Å². The molecule has 0 bridgehead atoms. The van der Waals surface area contributed by atoms with Gasteiger partial charge in [-0.15, -0.1) is 25.8 Å². The van der Waals surface area contributed by atoms with Gasteiger partial charge in [0.05, 0.1) is 49.4 Å². The van der Waals surface area contributed by atoms with Gasteiger partial charge in [-0.3, -0.25) is 10.2 Å². The minimum atomic E-state index is -3.15. The molecule has 10 aromatic rings. The summed E-state index contributed by atoms with van der Waals surface area (Å²) in [6, 6.07) is 7.08. The third-order valence-electron chi connectivity index (χ3n) is 9.46. The molecule has 0 amide bonds. The third-order valence-corrected chi connectivity index (χ3v) is 9.72. The van der Waals surface area contributed by atoms with Crippen molar-refractivity contribution in [3.05, 3.63) is 152 Å². The number of aryl methyl sites for hydroxylation is 2. The van der Waals surface area contributed by atoms with Crippen LogP contribution < -0.4 is 50.3 Å². The Hall–Kier alpha value is -10.1. The summed E-state index contributed by atoms with van der Waals surface area (Å²) >= 11 is 0. The van der Waals surface area contributed by atoms with Gasteiger partial charge >= 0.3 is 63.5 Å². The first-order valence-electron chi connectivity index (χ1n) is 22.4. The van der Waals surface area contributed by atoms with Crippen LogP contribution in [-0.2, 0) is 29.3 Å². The zero-order valence-electron chi connectivity index (χ0n) is 45.2. The molecule has 0 aliphatic rings. The van der Waals surface area contributed by atoms with Crippen molar-refractivity contribution >= 4 is 68.0 Å². The van der Waals surface area contributed by atoms with Crippen LogP contribution in [0.3, 0.4) is 0 Å². The average molecular weight is 1200 g/mol. The monoisotopic (exact) mass is 1200 g/mol. The van der Waals surface area contributed by atoms with Gasteiger partial charge in [-0.2, -0.15) is 38.8 Å². The van der Waals surface area contributed by atoms with E-state index in [1.165, 1.54) is 45.0 Å². The molecule has 0 aromatic carbocycles. The van der Waals surface area contributed by atoms with Crippen molar-refractivity contribution in [2.75, 3.05) is 5.73 Å². The zero-order chi connectivity index (χ0) is 61.4. The number of H-pyrrole nitrogens is 2. The number of rotatable bonds is 7. The van der Waals surface area contributed by atoms with E-state index in [9.17, 15) is 0 Å². The molecule has 10 aromatic heterocycles. The van der Waals surface area contributed by atoms with E-state index in [2.05, 4.69) is 156 Å². The summed E-state index contributed by atoms with van der Waals surface area (Å²) in [7, 11) is -6.20. The molecular weight excluding hydrogens is 1160 g/mol. The van der Waals surface area contributed by atoms with Crippen LogP contribution in [-0.4, -0.2) is 104 Å². The second kappa shape index (κ2) is 32.4. The fourth-order valence-corrected chi connectivity index (χ4v) is 6.00. The minimum Gasteiger partial charge on any atom is -0.674 e. The van der Waals surface area contributed by atoms with Gasteiger partial charge in [-0.25, -0.2) is 54.4 Å². The first kappa shape index (κ1) is 68.2. The van der Waals surface area contributed by atoms with Crippen LogP contribution in [0.2, 0.25) is 0 Å². The van der Waals surface area contributed by atoms with Gasteiger partial charge in [0, 0.05) is 72.3 Å². The predicted molar refractivity (Wildman–Crippen MR) is 285 cm³/mol. The largest absolute Gasteiger partial charge is 1.00 e. The molecule has 42 heteroatoms. The number of hydrogen-bond donors (Lipinski definition) is 4. The standard InChI is InChI=1S/C17H17N11.C9H14N4.C8H4N7.C8H6N6.HNO2.Na.2HO4P.2H2/c1-10-22-15-12(13(17(2,3)4)26-28(15)25-10)23-24-14-11(18-5)9-21-27(14)16-19-7-6-8-20-16;1-6-10-8-5-7(9(2,3)4)12-13(8)11-6;1-10-6-5-13-15(7(6)14-9)8-11-3-2-4-12-8;1-10-6-5-13-14(7(6)9)8-11-3-2-4-12-8;2-1-3;;2*1-4-5(2)3;;/h6-9,26H,1-4H3;5,12H,1-4H3;2-5H;2-5H,9H2;(H,2,3);;2*1H;2*1H/q;;+1;;;+1;;;;/p-2. The number of nitrogens with one attached hydrogen (secondary N) is 2. The molecule has 0 spiro atoms. The second-order valence-corrected chi connectivity index (χ2v) is 18.4. The zero-order valence-corrected chi connectivity index (χ0v) is 49.0. The number of aromatic amines is 2. The molecule has 0 saturated carbocycles. The van der Waals surface area contributed by atoms with E-state index in [1.54, 1.807) is 59.2 Å². The van der Waals surface area contributed by atoms with Crippen LogP contribution >= 0.6 is 16.5 Å². The third kappa shape index (κ3) is 19.0. The van der Waals surface area contributed by atoms with Crippen molar-refractivity contribution in [2.24, 2.45) is 15.6 Å². The number of nitrogens with two attached hydrogens (primary N) is 1. The van der Waals surface area contributed by atoms with Gasteiger partial charge in [0.15, 0.2) is 17.2 Å². The maximum atomic E-state index is 8.93. The first-order valence-corrected chi connectivity index (χ1v) is 24.6. The fourth-order valence-electron chi connectivity index (χ4n) is 6.00. The molecular formula is C42H46N29NaO10P2. The molecule has 0 fully saturated rings. The molecule has 0 aliphatic heterocycles. The minimum absolute atomic E-state index is 0. The number of anilines is 1. The number of aromatic nitrogens is 20. The summed E-state index contributed by atoms with van der Waals surface area (Å²) in [4.78, 5) is 71.4. The average Bonchev–Trinajstić information content (AvgIpc) is 1.93. The molecule has 39 nitrogen and oxygen atoms in total. The van der Waals surface area contributed by atoms with Gasteiger partial charge in [0.1, 0.15) is 17.5 Å². The van der Waals surface area contributed by atoms with Crippen molar-refractivity contribution in [1.82, 2.24) is 98.9 Å². The second-order valence-electron chi connectivity index (χ2n) is 17.1. The number of hydrogen-bond acceptors (Lipinski definition) is 28. The number of diazo groups is 1. The van der Waals surface area contributed by atoms with Crippen LogP contribution in [0, 0.1) is 49.1 Å². The van der Waals surface area contributed by atoms with E-state index in [-0.39, 0.29) is 78.0 Å². The quantitative estimate of drug-likeness (QED) is 0.0260. The summed E-state index contributed by atoms with van der Waals surface area (Å²) < 4.78 is 30.2. The number of nitrogen functional groups attached to an aromatic ring is 1. The van der Waals surface area contributed by atoms with Gasteiger partial charge in [-0.1, -0.05) is 51.3 Å². The van der Waals surface area contributed by atoms with Crippen molar-refractivity contribution in [3.63, 3.8) is 0 Å². The molecule has 0 aliphatic carbocycles. The van der Waals surface area contributed by atoms with E-state index in [0.29, 0.717) is 34.7 Å². The van der Waals surface area contributed by atoms with Crippen molar-refractivity contribution in [3.8, 4) is 17.8 Å². The van der Waals surface area contributed by atoms with E-state index < -0.39 is 16.5 Å². The SMILES string of the molecule is Cc1nc2cc(C(C)(C)C)[nH]n2n1.O=N[O-].O=[P+]([O-])OO.O=[P+]([O-])O[O-].[C-]#[N+]c1cnn(-c2ncccn2)c1N.[C-]#[N+]c1cnn(-c2ncccn2)c1N=Nc1c(C(C)(C)C)[nH]n2nc(C)nc12.[C-]#[N+]c1cnn(-c2ncccn2)c1[N+]#N.[HH].[HH].[Na+]. The van der Waals surface area contributed by atoms with Crippen LogP contribution in [0.1, 0.15) is 67.4 Å². The fraction of sp³-hybridized carbons (Fsp3) is 0.238. The molecule has 2 unspecified atom stereocenters. The van der Waals surface area contributed by atoms with E-state index >= 15 is 0 Å². The molecule has 10 rings (SSSR count). The first-order chi connectivity index (χ1) is 39.5. The number of azo groups is 1. The van der Waals surface area contributed by atoms with Gasteiger partial charge in [0.25, 0.3) is 17.6 Å².